The molecule has 96 valence electrons. The maximum Gasteiger partial charge on any atom is 0.00793 e. The van der Waals surface area contributed by atoms with Gasteiger partial charge in [0.25, 0.3) is 0 Å². The molecule has 2 heteroatoms. The molecule has 0 spiro atoms. The lowest BCUT2D eigenvalue weighted by molar-refractivity contribution is 0.170. The summed E-state index contributed by atoms with van der Waals surface area (Å²) >= 11 is 0. The van der Waals surface area contributed by atoms with Crippen LogP contribution in [0.15, 0.2) is 0 Å². The predicted octanol–water partition coefficient (Wildman–Crippen LogP) is 3.01. The molecule has 2 N–H and O–H groups in total. The molecular weight excluding hydrogens is 196 g/mol. The SMILES string of the molecule is CCCN(CC1CCCCCC1N)C(C)C. The van der Waals surface area contributed by atoms with Crippen LogP contribution in [-0.4, -0.2) is 30.1 Å². The van der Waals surface area contributed by atoms with Crippen molar-refractivity contribution in [2.45, 2.75) is 71.4 Å². The first-order valence-corrected chi connectivity index (χ1v) is 7.14. The lowest BCUT2D eigenvalue weighted by atomic mass is 9.94. The second kappa shape index (κ2) is 7.29. The van der Waals surface area contributed by atoms with E-state index < -0.39 is 0 Å². The fourth-order valence-electron chi connectivity index (χ4n) is 2.79. The summed E-state index contributed by atoms with van der Waals surface area (Å²) < 4.78 is 0. The molecule has 0 bridgehead atoms. The van der Waals surface area contributed by atoms with Crippen molar-refractivity contribution in [1.82, 2.24) is 4.90 Å². The molecule has 2 unspecified atom stereocenters. The van der Waals surface area contributed by atoms with Gasteiger partial charge in [0.15, 0.2) is 0 Å². The van der Waals surface area contributed by atoms with Crippen LogP contribution in [0.1, 0.15) is 59.3 Å². The lowest BCUT2D eigenvalue weighted by Gasteiger charge is -2.32. The Morgan fingerprint density at radius 1 is 1.19 bits per heavy atom. The molecule has 0 aromatic heterocycles. The number of hydrogen-bond donors (Lipinski definition) is 1. The van der Waals surface area contributed by atoms with E-state index >= 15 is 0 Å². The number of hydrogen-bond acceptors (Lipinski definition) is 2. The van der Waals surface area contributed by atoms with Crippen molar-refractivity contribution in [2.24, 2.45) is 11.7 Å². The predicted molar refractivity (Wildman–Crippen MR) is 71.6 cm³/mol. The van der Waals surface area contributed by atoms with E-state index in [4.69, 9.17) is 5.73 Å². The summed E-state index contributed by atoms with van der Waals surface area (Å²) in [5.74, 6) is 0.733. The largest absolute Gasteiger partial charge is 0.327 e. The first kappa shape index (κ1) is 14.0. The fourth-order valence-corrected chi connectivity index (χ4v) is 2.79. The third-order valence-corrected chi connectivity index (χ3v) is 3.93. The van der Waals surface area contributed by atoms with Crippen LogP contribution in [0.25, 0.3) is 0 Å². The number of nitrogens with two attached hydrogens (primary N) is 1. The van der Waals surface area contributed by atoms with Crippen molar-refractivity contribution in [3.8, 4) is 0 Å². The smallest absolute Gasteiger partial charge is 0.00793 e. The van der Waals surface area contributed by atoms with E-state index in [9.17, 15) is 0 Å². The van der Waals surface area contributed by atoms with Crippen molar-refractivity contribution >= 4 is 0 Å². The van der Waals surface area contributed by atoms with Gasteiger partial charge in [0.05, 0.1) is 0 Å². The van der Waals surface area contributed by atoms with Gasteiger partial charge in [0.1, 0.15) is 0 Å². The highest BCUT2D eigenvalue weighted by Crippen LogP contribution is 2.23. The molecule has 1 saturated carbocycles. The summed E-state index contributed by atoms with van der Waals surface area (Å²) in [4.78, 5) is 2.61. The van der Waals surface area contributed by atoms with E-state index in [2.05, 4.69) is 25.7 Å². The zero-order valence-corrected chi connectivity index (χ0v) is 11.4. The summed E-state index contributed by atoms with van der Waals surface area (Å²) in [6, 6.07) is 1.11. The first-order chi connectivity index (χ1) is 7.65. The number of rotatable bonds is 5. The quantitative estimate of drug-likeness (QED) is 0.730. The molecule has 1 aliphatic carbocycles. The Morgan fingerprint density at radius 3 is 2.50 bits per heavy atom. The molecule has 0 radical (unpaired) electrons. The van der Waals surface area contributed by atoms with Gasteiger partial charge in [0.2, 0.25) is 0 Å². The van der Waals surface area contributed by atoms with Gasteiger partial charge in [-0.15, -0.1) is 0 Å². The summed E-state index contributed by atoms with van der Waals surface area (Å²) in [5.41, 5.74) is 6.30. The zero-order valence-electron chi connectivity index (χ0n) is 11.4. The third-order valence-electron chi connectivity index (χ3n) is 3.93. The average molecular weight is 226 g/mol. The Morgan fingerprint density at radius 2 is 1.88 bits per heavy atom. The normalized spacial score (nSPS) is 27.4. The minimum atomic E-state index is 0.445. The molecule has 0 aromatic carbocycles. The van der Waals surface area contributed by atoms with Crippen LogP contribution < -0.4 is 5.73 Å². The molecule has 0 aliphatic heterocycles. The van der Waals surface area contributed by atoms with Crippen LogP contribution >= 0.6 is 0 Å². The molecular formula is C14H30N2. The van der Waals surface area contributed by atoms with Crippen LogP contribution in [0.2, 0.25) is 0 Å². The molecule has 0 amide bonds. The second-order valence-electron chi connectivity index (χ2n) is 5.65. The molecule has 0 aromatic rings. The molecule has 1 rings (SSSR count). The first-order valence-electron chi connectivity index (χ1n) is 7.14. The van der Waals surface area contributed by atoms with E-state index in [1.807, 2.05) is 0 Å². The number of nitrogens with zero attached hydrogens (tertiary/aromatic N) is 1. The van der Waals surface area contributed by atoms with Gasteiger partial charge in [-0.2, -0.15) is 0 Å². The Balaban J connectivity index is 2.47. The van der Waals surface area contributed by atoms with Gasteiger partial charge in [-0.3, -0.25) is 0 Å². The van der Waals surface area contributed by atoms with Crippen LogP contribution in [0.4, 0.5) is 0 Å². The summed E-state index contributed by atoms with van der Waals surface area (Å²) in [6.45, 7) is 9.31. The highest BCUT2D eigenvalue weighted by molar-refractivity contribution is 4.80. The van der Waals surface area contributed by atoms with E-state index in [0.717, 1.165) is 5.92 Å². The van der Waals surface area contributed by atoms with Crippen molar-refractivity contribution in [2.75, 3.05) is 13.1 Å². The van der Waals surface area contributed by atoms with Gasteiger partial charge >= 0.3 is 0 Å². The van der Waals surface area contributed by atoms with E-state index in [1.54, 1.807) is 0 Å². The van der Waals surface area contributed by atoms with Crippen molar-refractivity contribution in [3.05, 3.63) is 0 Å². The fraction of sp³-hybridized carbons (Fsp3) is 1.00. The standard InChI is InChI=1S/C14H30N2/c1-4-10-16(12(2)3)11-13-8-6-5-7-9-14(13)15/h12-14H,4-11,15H2,1-3H3. The minimum absolute atomic E-state index is 0.445. The topological polar surface area (TPSA) is 29.3 Å². The Labute approximate surface area is 102 Å². The molecule has 1 fully saturated rings. The Bertz CT molecular complexity index is 180. The van der Waals surface area contributed by atoms with Crippen LogP contribution in [-0.2, 0) is 0 Å². The summed E-state index contributed by atoms with van der Waals surface area (Å²) in [5, 5.41) is 0. The molecule has 0 heterocycles. The molecule has 0 saturated heterocycles. The monoisotopic (exact) mass is 226 g/mol. The van der Waals surface area contributed by atoms with Crippen LogP contribution in [0.5, 0.6) is 0 Å². The highest BCUT2D eigenvalue weighted by atomic mass is 15.1. The third kappa shape index (κ3) is 4.42. The average Bonchev–Trinajstić information content (AvgIpc) is 2.43. The Kier molecular flexibility index (Phi) is 6.37. The highest BCUT2D eigenvalue weighted by Gasteiger charge is 2.23. The molecule has 16 heavy (non-hydrogen) atoms. The molecule has 2 nitrogen and oxygen atoms in total. The van der Waals surface area contributed by atoms with E-state index in [1.165, 1.54) is 51.6 Å². The van der Waals surface area contributed by atoms with Gasteiger partial charge in [-0.05, 0) is 45.6 Å². The minimum Gasteiger partial charge on any atom is -0.327 e. The maximum absolute atomic E-state index is 6.30. The van der Waals surface area contributed by atoms with E-state index in [-0.39, 0.29) is 0 Å². The van der Waals surface area contributed by atoms with Gasteiger partial charge < -0.3 is 10.6 Å². The Hall–Kier alpha value is -0.0800. The van der Waals surface area contributed by atoms with Crippen LogP contribution in [0, 0.1) is 5.92 Å². The zero-order chi connectivity index (χ0) is 12.0. The second-order valence-corrected chi connectivity index (χ2v) is 5.65. The summed E-state index contributed by atoms with van der Waals surface area (Å²) in [6.07, 6.45) is 7.94. The van der Waals surface area contributed by atoms with Crippen molar-refractivity contribution in [3.63, 3.8) is 0 Å². The van der Waals surface area contributed by atoms with E-state index in [0.29, 0.717) is 12.1 Å². The van der Waals surface area contributed by atoms with Crippen LogP contribution in [0.3, 0.4) is 0 Å². The molecule has 1 aliphatic rings. The van der Waals surface area contributed by atoms with Gasteiger partial charge in [-0.1, -0.05) is 26.2 Å². The maximum atomic E-state index is 6.30. The van der Waals surface area contributed by atoms with Crippen molar-refractivity contribution in [1.29, 1.82) is 0 Å². The van der Waals surface area contributed by atoms with Crippen molar-refractivity contribution < 1.29 is 0 Å². The van der Waals surface area contributed by atoms with Gasteiger partial charge in [-0.25, -0.2) is 0 Å². The van der Waals surface area contributed by atoms with Gasteiger partial charge in [0, 0.05) is 18.6 Å². The molecule has 2 atom stereocenters. The lowest BCUT2D eigenvalue weighted by Crippen LogP contribution is -2.42. The summed E-state index contributed by atoms with van der Waals surface area (Å²) in [7, 11) is 0.